The highest BCUT2D eigenvalue weighted by molar-refractivity contribution is 7.93. The Labute approximate surface area is 179 Å². The highest BCUT2D eigenvalue weighted by Crippen LogP contribution is 2.22. The predicted molar refractivity (Wildman–Crippen MR) is 112 cm³/mol. The van der Waals surface area contributed by atoms with Crippen molar-refractivity contribution < 1.29 is 31.5 Å². The topological polar surface area (TPSA) is 142 Å². The number of nitrogens with one attached hydrogen (secondary N) is 2. The van der Waals surface area contributed by atoms with Crippen LogP contribution >= 0.6 is 0 Å². The van der Waals surface area contributed by atoms with Crippen LogP contribution < -0.4 is 19.3 Å². The first-order valence-corrected chi connectivity index (χ1v) is 11.7. The van der Waals surface area contributed by atoms with Crippen LogP contribution in [0.25, 0.3) is 0 Å². The first-order chi connectivity index (χ1) is 14.6. The van der Waals surface area contributed by atoms with Gasteiger partial charge in [0, 0.05) is 11.4 Å². The first-order valence-electron chi connectivity index (χ1n) is 8.72. The molecule has 0 amide bonds. The molecular formula is C20H17N2O7S2-. The van der Waals surface area contributed by atoms with Crippen LogP contribution in [0.1, 0.15) is 10.4 Å². The lowest BCUT2D eigenvalue weighted by Gasteiger charge is -2.11. The second-order valence-corrected chi connectivity index (χ2v) is 9.64. The summed E-state index contributed by atoms with van der Waals surface area (Å²) in [4.78, 5) is 10.6. The zero-order valence-corrected chi connectivity index (χ0v) is 17.7. The van der Waals surface area contributed by atoms with Gasteiger partial charge < -0.3 is 14.6 Å². The van der Waals surface area contributed by atoms with E-state index in [1.54, 1.807) is 24.3 Å². The van der Waals surface area contributed by atoms with Crippen molar-refractivity contribution in [3.05, 3.63) is 78.4 Å². The smallest absolute Gasteiger partial charge is 0.261 e. The molecule has 11 heteroatoms. The van der Waals surface area contributed by atoms with E-state index in [0.29, 0.717) is 11.4 Å². The summed E-state index contributed by atoms with van der Waals surface area (Å²) in [5, 5.41) is 10.9. The maximum absolute atomic E-state index is 12.5. The van der Waals surface area contributed by atoms with E-state index in [-0.39, 0.29) is 21.0 Å². The van der Waals surface area contributed by atoms with Crippen LogP contribution in [0, 0.1) is 0 Å². The van der Waals surface area contributed by atoms with Crippen molar-refractivity contribution in [3.63, 3.8) is 0 Å². The van der Waals surface area contributed by atoms with Gasteiger partial charge in [-0.25, -0.2) is 16.8 Å². The molecule has 0 aromatic heterocycles. The van der Waals surface area contributed by atoms with Crippen molar-refractivity contribution in [1.82, 2.24) is 0 Å². The number of carbonyl (C=O) groups is 1. The third kappa shape index (κ3) is 5.32. The molecule has 0 heterocycles. The fourth-order valence-corrected chi connectivity index (χ4v) is 4.74. The summed E-state index contributed by atoms with van der Waals surface area (Å²) < 4.78 is 59.7. The quantitative estimate of drug-likeness (QED) is 0.519. The molecule has 0 aliphatic carbocycles. The van der Waals surface area contributed by atoms with Crippen LogP contribution in [-0.2, 0) is 20.0 Å². The van der Waals surface area contributed by atoms with Gasteiger partial charge in [-0.05, 0) is 66.2 Å². The molecule has 0 aliphatic rings. The maximum atomic E-state index is 12.5. The molecule has 2 N–H and O–H groups in total. The van der Waals surface area contributed by atoms with Gasteiger partial charge in [-0.2, -0.15) is 0 Å². The van der Waals surface area contributed by atoms with Crippen molar-refractivity contribution in [1.29, 1.82) is 0 Å². The Kier molecular flexibility index (Phi) is 6.18. The Morgan fingerprint density at radius 1 is 0.774 bits per heavy atom. The molecule has 3 rings (SSSR count). The van der Waals surface area contributed by atoms with Gasteiger partial charge in [0.1, 0.15) is 5.75 Å². The normalized spacial score (nSPS) is 11.5. The molecular weight excluding hydrogens is 444 g/mol. The number of hydrogen-bond donors (Lipinski definition) is 2. The van der Waals surface area contributed by atoms with Gasteiger partial charge in [0.2, 0.25) is 0 Å². The van der Waals surface area contributed by atoms with Gasteiger partial charge in [-0.3, -0.25) is 9.44 Å². The van der Waals surface area contributed by atoms with Gasteiger partial charge in [0.15, 0.2) is 0 Å². The molecule has 0 unspecified atom stereocenters. The summed E-state index contributed by atoms with van der Waals surface area (Å²) in [6.45, 7) is 0. The minimum Gasteiger partial charge on any atom is -0.545 e. The molecule has 0 spiro atoms. The third-order valence-corrected chi connectivity index (χ3v) is 6.92. The molecule has 162 valence electrons. The molecule has 0 saturated heterocycles. The number of carboxylic acids is 1. The molecule has 3 aromatic carbocycles. The number of aromatic carboxylic acids is 1. The van der Waals surface area contributed by atoms with Crippen LogP contribution in [0.2, 0.25) is 0 Å². The molecule has 9 nitrogen and oxygen atoms in total. The van der Waals surface area contributed by atoms with E-state index in [4.69, 9.17) is 4.74 Å². The van der Waals surface area contributed by atoms with E-state index in [1.807, 2.05) is 0 Å². The van der Waals surface area contributed by atoms with E-state index in [2.05, 4.69) is 9.44 Å². The van der Waals surface area contributed by atoms with Gasteiger partial charge in [0.05, 0.1) is 22.9 Å². The lowest BCUT2D eigenvalue weighted by Crippen LogP contribution is -2.23. The summed E-state index contributed by atoms with van der Waals surface area (Å²) in [6, 6.07) is 16.0. The Morgan fingerprint density at radius 3 is 1.81 bits per heavy atom. The van der Waals surface area contributed by atoms with Crippen LogP contribution in [0.4, 0.5) is 11.4 Å². The number of ether oxygens (including phenoxy) is 1. The number of carbonyl (C=O) groups excluding carboxylic acids is 1. The molecule has 3 aromatic rings. The first kappa shape index (κ1) is 22.1. The number of rotatable bonds is 8. The summed E-state index contributed by atoms with van der Waals surface area (Å²) in [6.07, 6.45) is 0. The van der Waals surface area contributed by atoms with Crippen LogP contribution in [-0.4, -0.2) is 29.9 Å². The van der Waals surface area contributed by atoms with Gasteiger partial charge >= 0.3 is 0 Å². The van der Waals surface area contributed by atoms with Crippen molar-refractivity contribution in [2.45, 2.75) is 9.79 Å². The molecule has 0 fully saturated rings. The lowest BCUT2D eigenvalue weighted by molar-refractivity contribution is -0.255. The second kappa shape index (κ2) is 8.66. The monoisotopic (exact) mass is 461 g/mol. The summed E-state index contributed by atoms with van der Waals surface area (Å²) in [5.41, 5.74) is 0.148. The molecule has 0 atom stereocenters. The van der Waals surface area contributed by atoms with Crippen LogP contribution in [0.3, 0.4) is 0 Å². The number of anilines is 2. The van der Waals surface area contributed by atoms with Crippen LogP contribution in [0.5, 0.6) is 5.75 Å². The fraction of sp³-hybridized carbons (Fsp3) is 0.0500. The SMILES string of the molecule is COc1ccc(NS(=O)(=O)c2ccc(NS(=O)(=O)c3cccc(C(=O)[O-])c3)cc2)cc1. The van der Waals surface area contributed by atoms with Crippen molar-refractivity contribution in [2.24, 2.45) is 0 Å². The van der Waals surface area contributed by atoms with Gasteiger partial charge in [0.25, 0.3) is 20.0 Å². The molecule has 0 radical (unpaired) electrons. The number of methoxy groups -OCH3 is 1. The standard InChI is InChI=1S/C20H18N2O7S2/c1-29-17-9-5-15(6-10-17)21-30(25,26)18-11-7-16(8-12-18)22-31(27,28)19-4-2-3-14(13-19)20(23)24/h2-13,21-22H,1H3,(H,23,24)/p-1. The minimum atomic E-state index is -4.09. The number of sulfonamides is 2. The highest BCUT2D eigenvalue weighted by atomic mass is 32.2. The fourth-order valence-electron chi connectivity index (χ4n) is 2.58. The van der Waals surface area contributed by atoms with Crippen LogP contribution in [0.15, 0.2) is 82.6 Å². The minimum absolute atomic E-state index is 0.0785. The van der Waals surface area contributed by atoms with E-state index in [1.165, 1.54) is 49.6 Å². The summed E-state index contributed by atoms with van der Waals surface area (Å²) in [7, 11) is -6.50. The molecule has 0 aliphatic heterocycles. The van der Waals surface area contributed by atoms with E-state index >= 15 is 0 Å². The largest absolute Gasteiger partial charge is 0.545 e. The van der Waals surface area contributed by atoms with Crippen molar-refractivity contribution >= 4 is 37.4 Å². The number of carboxylic acid groups (broad SMARTS) is 1. The van der Waals surface area contributed by atoms with E-state index in [9.17, 15) is 26.7 Å². The second-order valence-electron chi connectivity index (χ2n) is 6.28. The summed E-state index contributed by atoms with van der Waals surface area (Å²) in [5.74, 6) is -0.930. The Morgan fingerprint density at radius 2 is 1.29 bits per heavy atom. The average molecular weight is 461 g/mol. The lowest BCUT2D eigenvalue weighted by atomic mass is 10.2. The molecule has 0 bridgehead atoms. The maximum Gasteiger partial charge on any atom is 0.261 e. The van der Waals surface area contributed by atoms with E-state index < -0.39 is 26.0 Å². The average Bonchev–Trinajstić information content (AvgIpc) is 2.74. The third-order valence-electron chi connectivity index (χ3n) is 4.14. The zero-order valence-electron chi connectivity index (χ0n) is 16.1. The molecule has 0 saturated carbocycles. The van der Waals surface area contributed by atoms with Gasteiger partial charge in [-0.1, -0.05) is 12.1 Å². The number of hydrogen-bond acceptors (Lipinski definition) is 7. The summed E-state index contributed by atoms with van der Waals surface area (Å²) >= 11 is 0. The highest BCUT2D eigenvalue weighted by Gasteiger charge is 2.17. The number of benzene rings is 3. The zero-order chi connectivity index (χ0) is 22.6. The Balaban J connectivity index is 1.77. The predicted octanol–water partition coefficient (Wildman–Crippen LogP) is 1.66. The Hall–Kier alpha value is -3.57. The van der Waals surface area contributed by atoms with Gasteiger partial charge in [-0.15, -0.1) is 0 Å². The van der Waals surface area contributed by atoms with Crippen molar-refractivity contribution in [3.8, 4) is 5.75 Å². The van der Waals surface area contributed by atoms with E-state index in [0.717, 1.165) is 6.07 Å². The molecule has 31 heavy (non-hydrogen) atoms. The Bertz CT molecular complexity index is 1300. The van der Waals surface area contributed by atoms with Crippen molar-refractivity contribution in [2.75, 3.05) is 16.6 Å².